The molecular formula is C14H20O2. The molecule has 1 aromatic rings. The van der Waals surface area contributed by atoms with E-state index in [4.69, 9.17) is 4.74 Å². The minimum Gasteiger partial charge on any atom is -0.393 e. The Kier molecular flexibility index (Phi) is 6.54. The van der Waals surface area contributed by atoms with Crippen molar-refractivity contribution in [1.29, 1.82) is 0 Å². The molecule has 0 aliphatic rings. The lowest BCUT2D eigenvalue weighted by molar-refractivity contribution is 0.0979. The molecule has 0 radical (unpaired) electrons. The fourth-order valence-corrected chi connectivity index (χ4v) is 1.50. The van der Waals surface area contributed by atoms with Crippen LogP contribution in [-0.4, -0.2) is 17.8 Å². The highest BCUT2D eigenvalue weighted by molar-refractivity contribution is 5.13. The number of aliphatic hydroxyl groups excluding tert-OH is 1. The molecule has 0 bridgehead atoms. The molecule has 1 atom stereocenters. The zero-order chi connectivity index (χ0) is 11.6. The number of hydrogen-bond acceptors (Lipinski definition) is 2. The number of aliphatic hydroxyl groups is 1. The standard InChI is InChI=1S/C14H20O2/c1-2-7-14(15)10-6-11-16-12-13-8-4-3-5-9-13/h2-5,8-9,14-15H,1,6-7,10-12H2. The molecule has 0 spiro atoms. The molecule has 0 aliphatic carbocycles. The largest absolute Gasteiger partial charge is 0.393 e. The first-order chi connectivity index (χ1) is 7.83. The monoisotopic (exact) mass is 220 g/mol. The van der Waals surface area contributed by atoms with Crippen molar-refractivity contribution in [3.8, 4) is 0 Å². The normalized spacial score (nSPS) is 12.3. The summed E-state index contributed by atoms with van der Waals surface area (Å²) in [5, 5.41) is 9.44. The van der Waals surface area contributed by atoms with E-state index in [1.54, 1.807) is 6.08 Å². The average molecular weight is 220 g/mol. The summed E-state index contributed by atoms with van der Waals surface area (Å²) in [6.07, 6.45) is 3.81. The second-order valence-corrected chi connectivity index (χ2v) is 3.86. The van der Waals surface area contributed by atoms with E-state index >= 15 is 0 Å². The van der Waals surface area contributed by atoms with Gasteiger partial charge < -0.3 is 9.84 Å². The van der Waals surface area contributed by atoms with Gasteiger partial charge in [0, 0.05) is 6.61 Å². The maximum Gasteiger partial charge on any atom is 0.0716 e. The lowest BCUT2D eigenvalue weighted by Gasteiger charge is -2.08. The number of hydrogen-bond donors (Lipinski definition) is 1. The van der Waals surface area contributed by atoms with Gasteiger partial charge in [-0.25, -0.2) is 0 Å². The van der Waals surface area contributed by atoms with Crippen molar-refractivity contribution >= 4 is 0 Å². The van der Waals surface area contributed by atoms with Crippen LogP contribution in [-0.2, 0) is 11.3 Å². The van der Waals surface area contributed by atoms with Gasteiger partial charge in [-0.05, 0) is 24.8 Å². The summed E-state index contributed by atoms with van der Waals surface area (Å²) in [5.41, 5.74) is 1.19. The van der Waals surface area contributed by atoms with E-state index in [2.05, 4.69) is 6.58 Å². The van der Waals surface area contributed by atoms with Gasteiger partial charge in [-0.15, -0.1) is 6.58 Å². The maximum absolute atomic E-state index is 9.44. The maximum atomic E-state index is 9.44. The van der Waals surface area contributed by atoms with Gasteiger partial charge in [0.2, 0.25) is 0 Å². The summed E-state index contributed by atoms with van der Waals surface area (Å²) < 4.78 is 5.51. The summed E-state index contributed by atoms with van der Waals surface area (Å²) >= 11 is 0. The number of benzene rings is 1. The Morgan fingerprint density at radius 2 is 2.06 bits per heavy atom. The van der Waals surface area contributed by atoms with Crippen molar-refractivity contribution in [3.05, 3.63) is 48.6 Å². The minimum atomic E-state index is -0.266. The molecule has 0 heterocycles. The predicted octanol–water partition coefficient (Wildman–Crippen LogP) is 2.92. The Morgan fingerprint density at radius 3 is 2.75 bits per heavy atom. The van der Waals surface area contributed by atoms with Gasteiger partial charge in [0.15, 0.2) is 0 Å². The van der Waals surface area contributed by atoms with E-state index in [1.165, 1.54) is 5.56 Å². The SMILES string of the molecule is C=CCC(O)CCCOCc1ccccc1. The summed E-state index contributed by atoms with van der Waals surface area (Å²) in [5.74, 6) is 0. The van der Waals surface area contributed by atoms with Crippen molar-refractivity contribution < 1.29 is 9.84 Å². The van der Waals surface area contributed by atoms with Crippen LogP contribution in [0, 0.1) is 0 Å². The van der Waals surface area contributed by atoms with Gasteiger partial charge in [-0.3, -0.25) is 0 Å². The molecule has 1 rings (SSSR count). The Labute approximate surface area is 97.6 Å². The molecule has 0 saturated heterocycles. The van der Waals surface area contributed by atoms with Crippen LogP contribution >= 0.6 is 0 Å². The van der Waals surface area contributed by atoms with Crippen molar-refractivity contribution in [1.82, 2.24) is 0 Å². The number of ether oxygens (including phenoxy) is 1. The van der Waals surface area contributed by atoms with E-state index in [-0.39, 0.29) is 6.10 Å². The lowest BCUT2D eigenvalue weighted by atomic mass is 10.1. The van der Waals surface area contributed by atoms with Crippen LogP contribution in [0.4, 0.5) is 0 Å². The minimum absolute atomic E-state index is 0.266. The summed E-state index contributed by atoms with van der Waals surface area (Å²) in [4.78, 5) is 0. The van der Waals surface area contributed by atoms with Crippen molar-refractivity contribution in [2.45, 2.75) is 32.0 Å². The quantitative estimate of drug-likeness (QED) is 0.539. The summed E-state index contributed by atoms with van der Waals surface area (Å²) in [7, 11) is 0. The van der Waals surface area contributed by atoms with Crippen LogP contribution in [0.5, 0.6) is 0 Å². The molecule has 1 unspecified atom stereocenters. The van der Waals surface area contributed by atoms with Crippen LogP contribution in [0.3, 0.4) is 0 Å². The van der Waals surface area contributed by atoms with Crippen molar-refractivity contribution in [2.75, 3.05) is 6.61 Å². The Bertz CT molecular complexity index is 282. The Hall–Kier alpha value is -1.12. The third-order valence-electron chi connectivity index (χ3n) is 2.38. The van der Waals surface area contributed by atoms with Gasteiger partial charge in [0.25, 0.3) is 0 Å². The predicted molar refractivity (Wildman–Crippen MR) is 66.2 cm³/mol. The Balaban J connectivity index is 2.02. The summed E-state index contributed by atoms with van der Waals surface area (Å²) in [6.45, 7) is 4.94. The molecular weight excluding hydrogens is 200 g/mol. The van der Waals surface area contributed by atoms with Gasteiger partial charge in [-0.2, -0.15) is 0 Å². The molecule has 1 N–H and O–H groups in total. The molecule has 0 saturated carbocycles. The van der Waals surface area contributed by atoms with Crippen LogP contribution in [0.1, 0.15) is 24.8 Å². The second-order valence-electron chi connectivity index (χ2n) is 3.86. The molecule has 88 valence electrons. The van der Waals surface area contributed by atoms with Gasteiger partial charge in [0.1, 0.15) is 0 Å². The fourth-order valence-electron chi connectivity index (χ4n) is 1.50. The van der Waals surface area contributed by atoms with E-state index in [0.29, 0.717) is 19.6 Å². The first-order valence-corrected chi connectivity index (χ1v) is 5.73. The molecule has 0 aromatic heterocycles. The fraction of sp³-hybridized carbons (Fsp3) is 0.429. The highest BCUT2D eigenvalue weighted by atomic mass is 16.5. The first kappa shape index (κ1) is 12.9. The second kappa shape index (κ2) is 8.08. The van der Waals surface area contributed by atoms with Crippen molar-refractivity contribution in [2.24, 2.45) is 0 Å². The average Bonchev–Trinajstić information content (AvgIpc) is 2.30. The van der Waals surface area contributed by atoms with E-state index in [0.717, 1.165) is 12.8 Å². The van der Waals surface area contributed by atoms with Crippen LogP contribution in [0.2, 0.25) is 0 Å². The zero-order valence-electron chi connectivity index (χ0n) is 9.64. The van der Waals surface area contributed by atoms with Crippen molar-refractivity contribution in [3.63, 3.8) is 0 Å². The molecule has 0 aliphatic heterocycles. The van der Waals surface area contributed by atoms with Gasteiger partial charge in [0.05, 0.1) is 12.7 Å². The van der Waals surface area contributed by atoms with Crippen LogP contribution in [0.25, 0.3) is 0 Å². The highest BCUT2D eigenvalue weighted by Gasteiger charge is 2.00. The molecule has 2 nitrogen and oxygen atoms in total. The molecule has 16 heavy (non-hydrogen) atoms. The topological polar surface area (TPSA) is 29.5 Å². The highest BCUT2D eigenvalue weighted by Crippen LogP contribution is 2.04. The molecule has 2 heteroatoms. The molecule has 0 fully saturated rings. The zero-order valence-corrected chi connectivity index (χ0v) is 9.64. The van der Waals surface area contributed by atoms with Gasteiger partial charge in [-0.1, -0.05) is 36.4 Å². The lowest BCUT2D eigenvalue weighted by Crippen LogP contribution is -2.06. The van der Waals surface area contributed by atoms with Crippen LogP contribution < -0.4 is 0 Å². The van der Waals surface area contributed by atoms with Crippen LogP contribution in [0.15, 0.2) is 43.0 Å². The van der Waals surface area contributed by atoms with E-state index in [9.17, 15) is 5.11 Å². The third-order valence-corrected chi connectivity index (χ3v) is 2.38. The van der Waals surface area contributed by atoms with E-state index in [1.807, 2.05) is 30.3 Å². The third kappa shape index (κ3) is 5.69. The first-order valence-electron chi connectivity index (χ1n) is 5.73. The number of rotatable bonds is 8. The Morgan fingerprint density at radius 1 is 1.31 bits per heavy atom. The molecule has 1 aromatic carbocycles. The molecule has 0 amide bonds. The summed E-state index contributed by atoms with van der Waals surface area (Å²) in [6, 6.07) is 10.1. The van der Waals surface area contributed by atoms with E-state index < -0.39 is 0 Å². The van der Waals surface area contributed by atoms with Gasteiger partial charge >= 0.3 is 0 Å². The smallest absolute Gasteiger partial charge is 0.0716 e.